The van der Waals surface area contributed by atoms with Crippen molar-refractivity contribution in [2.45, 2.75) is 19.5 Å². The largest absolute Gasteiger partial charge is 0.573 e. The molecule has 0 amide bonds. The summed E-state index contributed by atoms with van der Waals surface area (Å²) >= 11 is 0. The third kappa shape index (κ3) is 4.83. The highest BCUT2D eigenvalue weighted by molar-refractivity contribution is 5.42. The summed E-state index contributed by atoms with van der Waals surface area (Å²) in [6.07, 6.45) is -3.18. The van der Waals surface area contributed by atoms with Gasteiger partial charge in [-0.25, -0.2) is 0 Å². The minimum absolute atomic E-state index is 0.251. The minimum Gasteiger partial charge on any atom is -0.459 e. The maximum Gasteiger partial charge on any atom is 0.573 e. The first kappa shape index (κ1) is 17.0. The maximum atomic E-state index is 12.1. The van der Waals surface area contributed by atoms with Crippen molar-refractivity contribution in [1.82, 2.24) is 15.1 Å². The van der Waals surface area contributed by atoms with Crippen LogP contribution in [0.25, 0.3) is 11.7 Å². The van der Waals surface area contributed by atoms with Crippen LogP contribution < -0.4 is 4.74 Å². The van der Waals surface area contributed by atoms with Crippen molar-refractivity contribution >= 4 is 0 Å². The molecule has 1 aromatic carbocycles. The molecule has 6 nitrogen and oxygen atoms in total. The Bertz CT molecular complexity index is 798. The fourth-order valence-electron chi connectivity index (χ4n) is 2.21. The van der Waals surface area contributed by atoms with Gasteiger partial charge in [0.25, 0.3) is 5.89 Å². The first-order chi connectivity index (χ1) is 11.9. The molecule has 0 aliphatic carbocycles. The summed E-state index contributed by atoms with van der Waals surface area (Å²) in [6.45, 7) is 0.874. The van der Waals surface area contributed by atoms with E-state index in [1.54, 1.807) is 24.3 Å². The first-order valence-electron chi connectivity index (χ1n) is 7.28. The van der Waals surface area contributed by atoms with Crippen LogP contribution in [0.2, 0.25) is 0 Å². The Kier molecular flexibility index (Phi) is 4.75. The van der Waals surface area contributed by atoms with Gasteiger partial charge < -0.3 is 13.6 Å². The van der Waals surface area contributed by atoms with Crippen LogP contribution in [0.1, 0.15) is 11.5 Å². The van der Waals surface area contributed by atoms with Gasteiger partial charge >= 0.3 is 6.36 Å². The van der Waals surface area contributed by atoms with Gasteiger partial charge in [-0.15, -0.1) is 23.4 Å². The summed E-state index contributed by atoms with van der Waals surface area (Å²) in [4.78, 5) is 1.89. The van der Waals surface area contributed by atoms with Crippen LogP contribution in [0.5, 0.6) is 5.75 Å². The molecule has 0 fully saturated rings. The number of alkyl halides is 3. The van der Waals surface area contributed by atoms with Crippen LogP contribution in [0.4, 0.5) is 13.2 Å². The smallest absolute Gasteiger partial charge is 0.459 e. The summed E-state index contributed by atoms with van der Waals surface area (Å²) < 4.78 is 50.9. The lowest BCUT2D eigenvalue weighted by molar-refractivity contribution is -0.274. The highest BCUT2D eigenvalue weighted by Crippen LogP contribution is 2.23. The average molecular weight is 353 g/mol. The van der Waals surface area contributed by atoms with E-state index in [1.165, 1.54) is 18.4 Å². The highest BCUT2D eigenvalue weighted by atomic mass is 19.4. The Labute approximate surface area is 140 Å². The predicted octanol–water partition coefficient (Wildman–Crippen LogP) is 3.86. The number of rotatable bonds is 6. The van der Waals surface area contributed by atoms with Crippen molar-refractivity contribution in [3.8, 4) is 17.4 Å². The van der Waals surface area contributed by atoms with E-state index in [0.717, 1.165) is 5.56 Å². The van der Waals surface area contributed by atoms with Gasteiger partial charge in [0.1, 0.15) is 5.75 Å². The molecule has 3 aromatic rings. The van der Waals surface area contributed by atoms with Gasteiger partial charge in [0.15, 0.2) is 5.76 Å². The molecule has 0 unspecified atom stereocenters. The zero-order valence-corrected chi connectivity index (χ0v) is 13.2. The number of nitrogens with zero attached hydrogens (tertiary/aromatic N) is 3. The number of aromatic nitrogens is 2. The summed E-state index contributed by atoms with van der Waals surface area (Å²) in [7, 11) is 1.83. The molecule has 0 atom stereocenters. The van der Waals surface area contributed by atoms with E-state index >= 15 is 0 Å². The number of halogens is 3. The lowest BCUT2D eigenvalue weighted by Crippen LogP contribution is -2.18. The Hall–Kier alpha value is -2.81. The monoisotopic (exact) mass is 353 g/mol. The van der Waals surface area contributed by atoms with Gasteiger partial charge in [-0.1, -0.05) is 12.1 Å². The summed E-state index contributed by atoms with van der Waals surface area (Å²) in [5, 5.41) is 7.85. The zero-order chi connectivity index (χ0) is 17.9. The highest BCUT2D eigenvalue weighted by Gasteiger charge is 2.30. The van der Waals surface area contributed by atoms with Gasteiger partial charge in [-0.2, -0.15) is 0 Å². The Balaban J connectivity index is 1.56. The molecular weight excluding hydrogens is 339 g/mol. The predicted molar refractivity (Wildman–Crippen MR) is 80.3 cm³/mol. The zero-order valence-electron chi connectivity index (χ0n) is 13.2. The van der Waals surface area contributed by atoms with Crippen molar-refractivity contribution in [2.75, 3.05) is 7.05 Å². The number of benzene rings is 1. The van der Waals surface area contributed by atoms with E-state index in [1.807, 2.05) is 11.9 Å². The van der Waals surface area contributed by atoms with Gasteiger partial charge in [0, 0.05) is 6.54 Å². The molecule has 0 radical (unpaired) electrons. The SMILES string of the molecule is CN(Cc1ccc(OC(F)(F)F)cc1)Cc1nnc(-c2ccco2)o1. The van der Waals surface area contributed by atoms with Crippen LogP contribution >= 0.6 is 0 Å². The summed E-state index contributed by atoms with van der Waals surface area (Å²) in [5.74, 6) is 0.938. The van der Waals surface area contributed by atoms with Crippen molar-refractivity contribution in [2.24, 2.45) is 0 Å². The fraction of sp³-hybridized carbons (Fsp3) is 0.250. The van der Waals surface area contributed by atoms with E-state index in [9.17, 15) is 13.2 Å². The molecule has 0 N–H and O–H groups in total. The lowest BCUT2D eigenvalue weighted by Gasteiger charge is -2.15. The Morgan fingerprint density at radius 2 is 1.84 bits per heavy atom. The molecule has 2 aromatic heterocycles. The van der Waals surface area contributed by atoms with E-state index in [4.69, 9.17) is 8.83 Å². The van der Waals surface area contributed by atoms with Crippen LogP contribution in [-0.4, -0.2) is 28.5 Å². The third-order valence-corrected chi connectivity index (χ3v) is 3.21. The fourth-order valence-corrected chi connectivity index (χ4v) is 2.21. The van der Waals surface area contributed by atoms with Crippen LogP contribution in [0.15, 0.2) is 51.5 Å². The number of ether oxygens (including phenoxy) is 1. The summed E-state index contributed by atoms with van der Waals surface area (Å²) in [5.41, 5.74) is 0.822. The molecule has 0 aliphatic heterocycles. The van der Waals surface area contributed by atoms with Crippen molar-refractivity contribution in [3.63, 3.8) is 0 Å². The van der Waals surface area contributed by atoms with Crippen molar-refractivity contribution < 1.29 is 26.7 Å². The van der Waals surface area contributed by atoms with Gasteiger partial charge in [-0.05, 0) is 36.9 Å². The number of hydrogen-bond acceptors (Lipinski definition) is 6. The molecule has 0 aliphatic rings. The normalized spacial score (nSPS) is 11.9. The molecule has 0 spiro atoms. The molecule has 25 heavy (non-hydrogen) atoms. The van der Waals surface area contributed by atoms with E-state index in [2.05, 4.69) is 14.9 Å². The van der Waals surface area contributed by atoms with Gasteiger partial charge in [0.05, 0.1) is 12.8 Å². The third-order valence-electron chi connectivity index (χ3n) is 3.21. The molecule has 9 heteroatoms. The second-order valence-corrected chi connectivity index (χ2v) is 5.34. The van der Waals surface area contributed by atoms with Crippen LogP contribution in [0, 0.1) is 0 Å². The second kappa shape index (κ2) is 6.98. The minimum atomic E-state index is -4.69. The van der Waals surface area contributed by atoms with Crippen molar-refractivity contribution in [1.29, 1.82) is 0 Å². The average Bonchev–Trinajstić information content (AvgIpc) is 3.18. The Morgan fingerprint density at radius 3 is 2.48 bits per heavy atom. The number of hydrogen-bond donors (Lipinski definition) is 0. The van der Waals surface area contributed by atoms with Crippen LogP contribution in [0.3, 0.4) is 0 Å². The second-order valence-electron chi connectivity index (χ2n) is 5.34. The molecule has 132 valence electrons. The molecule has 3 rings (SSSR count). The standard InChI is InChI=1S/C16H14F3N3O3/c1-22(9-11-4-6-12(7-5-11)25-16(17,18)19)10-14-20-21-15(24-14)13-3-2-8-23-13/h2-8H,9-10H2,1H3. The number of furan rings is 1. The van der Waals surface area contributed by atoms with Gasteiger partial charge in [0.2, 0.25) is 5.89 Å². The topological polar surface area (TPSA) is 64.5 Å². The van der Waals surface area contributed by atoms with E-state index < -0.39 is 6.36 Å². The molecular formula is C16H14F3N3O3. The van der Waals surface area contributed by atoms with E-state index in [-0.39, 0.29) is 5.75 Å². The summed E-state index contributed by atoms with van der Waals surface area (Å²) in [6, 6.07) is 9.12. The Morgan fingerprint density at radius 1 is 1.08 bits per heavy atom. The first-order valence-corrected chi connectivity index (χ1v) is 7.28. The van der Waals surface area contributed by atoms with E-state index in [0.29, 0.717) is 30.6 Å². The van der Waals surface area contributed by atoms with Crippen molar-refractivity contribution in [3.05, 3.63) is 54.1 Å². The molecule has 0 saturated carbocycles. The maximum absolute atomic E-state index is 12.1. The molecule has 0 bridgehead atoms. The quantitative estimate of drug-likeness (QED) is 0.670. The molecule has 2 heterocycles. The van der Waals surface area contributed by atoms with Crippen LogP contribution in [-0.2, 0) is 13.1 Å². The molecule has 0 saturated heterocycles. The lowest BCUT2D eigenvalue weighted by atomic mass is 10.2. The van der Waals surface area contributed by atoms with Gasteiger partial charge in [-0.3, -0.25) is 4.90 Å².